The van der Waals surface area contributed by atoms with Crippen molar-refractivity contribution in [2.75, 3.05) is 13.1 Å². The minimum atomic E-state index is -5.08. The average molecular weight is 548 g/mol. The lowest BCUT2D eigenvalue weighted by molar-refractivity contribution is -0.193. The van der Waals surface area contributed by atoms with Gasteiger partial charge in [0.1, 0.15) is 17.8 Å². The van der Waals surface area contributed by atoms with Crippen LogP contribution in [0.15, 0.2) is 47.4 Å². The number of carboxylic acid groups (broad SMARTS) is 2. The zero-order valence-corrected chi connectivity index (χ0v) is 19.8. The number of halogens is 6. The predicted molar refractivity (Wildman–Crippen MR) is 119 cm³/mol. The molecule has 0 bridgehead atoms. The fraction of sp³-hybridized carbons (Fsp3) is 0.348. The highest BCUT2D eigenvalue weighted by Crippen LogP contribution is 2.26. The molecule has 0 amide bonds. The Bertz CT molecular complexity index is 1190. The van der Waals surface area contributed by atoms with Gasteiger partial charge in [0, 0.05) is 48.7 Å². The van der Waals surface area contributed by atoms with Gasteiger partial charge >= 0.3 is 24.3 Å². The molecule has 1 aliphatic heterocycles. The molecule has 0 spiro atoms. The number of carboxylic acids is 2. The molecule has 0 aromatic carbocycles. The summed E-state index contributed by atoms with van der Waals surface area (Å²) >= 11 is 0. The highest BCUT2D eigenvalue weighted by molar-refractivity contribution is 5.73. The Morgan fingerprint density at radius 1 is 0.921 bits per heavy atom. The van der Waals surface area contributed by atoms with Crippen LogP contribution in [-0.2, 0) is 29.0 Å². The molecule has 0 atom stereocenters. The van der Waals surface area contributed by atoms with Gasteiger partial charge in [-0.25, -0.2) is 19.6 Å². The van der Waals surface area contributed by atoms with Gasteiger partial charge in [-0.3, -0.25) is 9.88 Å². The lowest BCUT2D eigenvalue weighted by Gasteiger charge is -2.17. The van der Waals surface area contributed by atoms with Gasteiger partial charge in [-0.2, -0.15) is 26.3 Å². The summed E-state index contributed by atoms with van der Waals surface area (Å²) in [7, 11) is 0. The van der Waals surface area contributed by atoms with Crippen molar-refractivity contribution in [3.05, 3.63) is 65.8 Å². The summed E-state index contributed by atoms with van der Waals surface area (Å²) in [5.41, 5.74) is 4.58. The van der Waals surface area contributed by atoms with Crippen LogP contribution in [-0.4, -0.2) is 67.4 Å². The number of hydrogen-bond donors (Lipinski definition) is 2. The topological polar surface area (TPSA) is 130 Å². The van der Waals surface area contributed by atoms with Crippen LogP contribution >= 0.6 is 0 Å². The Balaban J connectivity index is 0.000000301. The average Bonchev–Trinajstić information content (AvgIpc) is 3.13. The number of aryl methyl sites for hydroxylation is 1. The molecule has 0 fully saturated rings. The van der Waals surface area contributed by atoms with Gasteiger partial charge < -0.3 is 14.6 Å². The van der Waals surface area contributed by atoms with Crippen molar-refractivity contribution in [3.8, 4) is 11.3 Å². The quantitative estimate of drug-likeness (QED) is 0.460. The molecule has 2 N–H and O–H groups in total. The smallest absolute Gasteiger partial charge is 0.475 e. The second-order valence-corrected chi connectivity index (χ2v) is 7.78. The zero-order valence-electron chi connectivity index (χ0n) is 19.8. The standard InChI is InChI=1S/C19H20N4O.2C2HF3O2/c1-14-2-3-16(24-14)12-23-10-6-17-18(7-11-23)21-13-22-19(17)15-4-8-20-9-5-15;2*3-2(4,5)1(6)7/h2-5,8-9,13H,6-7,10-12H2,1H3;2*(H,6,7). The monoisotopic (exact) mass is 548 g/mol. The van der Waals surface area contributed by atoms with E-state index in [9.17, 15) is 26.3 Å². The number of hydrogen-bond acceptors (Lipinski definition) is 7. The van der Waals surface area contributed by atoms with Gasteiger partial charge in [0.2, 0.25) is 0 Å². The first kappa shape index (κ1) is 30.2. The second kappa shape index (κ2) is 13.0. The van der Waals surface area contributed by atoms with E-state index in [1.165, 1.54) is 5.56 Å². The number of alkyl halides is 6. The Morgan fingerprint density at radius 3 is 1.97 bits per heavy atom. The summed E-state index contributed by atoms with van der Waals surface area (Å²) in [5, 5.41) is 14.2. The van der Waals surface area contributed by atoms with E-state index in [4.69, 9.17) is 24.2 Å². The molecular weight excluding hydrogens is 526 g/mol. The van der Waals surface area contributed by atoms with Crippen molar-refractivity contribution in [2.45, 2.75) is 38.7 Å². The van der Waals surface area contributed by atoms with Crippen LogP contribution in [0.1, 0.15) is 22.8 Å². The number of furan rings is 1. The van der Waals surface area contributed by atoms with Crippen LogP contribution in [0.25, 0.3) is 11.3 Å². The molecule has 0 saturated heterocycles. The molecule has 4 heterocycles. The second-order valence-electron chi connectivity index (χ2n) is 7.78. The fourth-order valence-corrected chi connectivity index (χ4v) is 3.28. The van der Waals surface area contributed by atoms with E-state index >= 15 is 0 Å². The zero-order chi connectivity index (χ0) is 28.5. The number of fused-ring (bicyclic) bond motifs is 1. The molecule has 0 saturated carbocycles. The Labute approximate surface area is 211 Å². The minimum Gasteiger partial charge on any atom is -0.475 e. The normalized spacial score (nSPS) is 13.7. The van der Waals surface area contributed by atoms with Crippen LogP contribution in [0.2, 0.25) is 0 Å². The number of carbonyl (C=O) groups is 2. The number of aliphatic carboxylic acids is 2. The summed E-state index contributed by atoms with van der Waals surface area (Å²) < 4.78 is 69.2. The first-order chi connectivity index (χ1) is 17.7. The molecule has 15 heteroatoms. The van der Waals surface area contributed by atoms with Gasteiger partial charge in [-0.1, -0.05) is 0 Å². The van der Waals surface area contributed by atoms with Gasteiger partial charge in [0.25, 0.3) is 0 Å². The molecule has 0 radical (unpaired) electrons. The third-order valence-electron chi connectivity index (χ3n) is 4.99. The van der Waals surface area contributed by atoms with E-state index in [0.29, 0.717) is 0 Å². The third-order valence-corrected chi connectivity index (χ3v) is 4.99. The number of aromatic nitrogens is 3. The van der Waals surface area contributed by atoms with E-state index < -0.39 is 24.3 Å². The lowest BCUT2D eigenvalue weighted by Crippen LogP contribution is -2.25. The van der Waals surface area contributed by atoms with E-state index in [0.717, 1.165) is 60.9 Å². The maximum absolute atomic E-state index is 10.6. The van der Waals surface area contributed by atoms with Crippen molar-refractivity contribution in [3.63, 3.8) is 0 Å². The van der Waals surface area contributed by atoms with E-state index in [2.05, 4.69) is 25.9 Å². The maximum Gasteiger partial charge on any atom is 0.490 e. The maximum atomic E-state index is 10.6. The molecule has 9 nitrogen and oxygen atoms in total. The van der Waals surface area contributed by atoms with Gasteiger partial charge in [0.15, 0.2) is 0 Å². The van der Waals surface area contributed by atoms with Gasteiger partial charge in [-0.05, 0) is 37.6 Å². The number of rotatable bonds is 3. The summed E-state index contributed by atoms with van der Waals surface area (Å²) in [4.78, 5) is 33.4. The molecule has 1 aliphatic rings. The molecule has 3 aromatic rings. The SMILES string of the molecule is Cc1ccc(CN2CCc3ncnc(-c4ccncc4)c3CC2)o1.O=C(O)C(F)(F)F.O=C(O)C(F)(F)F. The summed E-state index contributed by atoms with van der Waals surface area (Å²) in [6.07, 6.45) is -2.97. The Hall–Kier alpha value is -4.01. The first-order valence-electron chi connectivity index (χ1n) is 10.8. The fourth-order valence-electron chi connectivity index (χ4n) is 3.28. The van der Waals surface area contributed by atoms with Gasteiger partial charge in [-0.15, -0.1) is 0 Å². The molecule has 0 unspecified atom stereocenters. The van der Waals surface area contributed by atoms with Crippen LogP contribution in [0.3, 0.4) is 0 Å². The minimum absolute atomic E-state index is 0.847. The van der Waals surface area contributed by atoms with Crippen molar-refractivity contribution in [2.24, 2.45) is 0 Å². The van der Waals surface area contributed by atoms with E-state index in [1.807, 2.05) is 37.5 Å². The molecule has 4 rings (SSSR count). The van der Waals surface area contributed by atoms with E-state index in [-0.39, 0.29) is 0 Å². The van der Waals surface area contributed by atoms with Crippen molar-refractivity contribution >= 4 is 11.9 Å². The van der Waals surface area contributed by atoms with Gasteiger partial charge in [0.05, 0.1) is 12.2 Å². The van der Waals surface area contributed by atoms with Crippen molar-refractivity contribution in [1.82, 2.24) is 19.9 Å². The Kier molecular flexibility index (Phi) is 10.3. The van der Waals surface area contributed by atoms with Crippen LogP contribution in [0.5, 0.6) is 0 Å². The number of pyridine rings is 1. The Morgan fingerprint density at radius 2 is 1.47 bits per heavy atom. The van der Waals surface area contributed by atoms with E-state index in [1.54, 1.807) is 6.33 Å². The summed E-state index contributed by atoms with van der Waals surface area (Å²) in [6.45, 7) is 4.80. The third kappa shape index (κ3) is 9.46. The van der Waals surface area contributed by atoms with Crippen LogP contribution in [0, 0.1) is 6.92 Å². The molecule has 3 aromatic heterocycles. The summed E-state index contributed by atoms with van der Waals surface area (Å²) in [6, 6.07) is 8.11. The lowest BCUT2D eigenvalue weighted by atomic mass is 10.0. The van der Waals surface area contributed by atoms with Crippen LogP contribution < -0.4 is 0 Å². The predicted octanol–water partition coefficient (Wildman–Crippen LogP) is 4.31. The van der Waals surface area contributed by atoms with Crippen molar-refractivity contribution in [1.29, 1.82) is 0 Å². The van der Waals surface area contributed by atoms with Crippen LogP contribution in [0.4, 0.5) is 26.3 Å². The number of nitrogens with zero attached hydrogens (tertiary/aromatic N) is 4. The largest absolute Gasteiger partial charge is 0.490 e. The summed E-state index contributed by atoms with van der Waals surface area (Å²) in [5.74, 6) is -3.52. The molecule has 0 aliphatic carbocycles. The first-order valence-corrected chi connectivity index (χ1v) is 10.8. The molecule has 206 valence electrons. The highest BCUT2D eigenvalue weighted by atomic mass is 19.4. The van der Waals surface area contributed by atoms with Crippen molar-refractivity contribution < 1.29 is 50.6 Å². The molecule has 38 heavy (non-hydrogen) atoms. The highest BCUT2D eigenvalue weighted by Gasteiger charge is 2.38. The molecular formula is C23H22F6N4O5.